The van der Waals surface area contributed by atoms with Crippen LogP contribution in [0.15, 0.2) is 5.51 Å². The van der Waals surface area contributed by atoms with Crippen LogP contribution in [-0.4, -0.2) is 33.7 Å². The normalized spacial score (nSPS) is 24.6. The van der Waals surface area contributed by atoms with Gasteiger partial charge in [0.15, 0.2) is 0 Å². The standard InChI is InChI=1S/C13H20N4OS/c18-13(15-12-16-14-9-19-12)17-8-4-7-11(17)10-5-2-1-3-6-10/h9-11H,1-8H2,(H,15,16,18)/t11-/m0/s1. The lowest BCUT2D eigenvalue weighted by atomic mass is 9.83. The SMILES string of the molecule is O=C(Nc1nncs1)N1CCC[C@H]1C1CCCCC1. The van der Waals surface area contributed by atoms with Gasteiger partial charge in [0.05, 0.1) is 0 Å². The number of likely N-dealkylation sites (tertiary alicyclic amines) is 1. The molecule has 5 nitrogen and oxygen atoms in total. The molecule has 1 aromatic rings. The van der Waals surface area contributed by atoms with Crippen molar-refractivity contribution in [1.82, 2.24) is 15.1 Å². The number of hydrogen-bond donors (Lipinski definition) is 1. The van der Waals surface area contributed by atoms with Crippen LogP contribution in [0.5, 0.6) is 0 Å². The minimum atomic E-state index is 0.00447. The summed E-state index contributed by atoms with van der Waals surface area (Å²) < 4.78 is 0. The highest BCUT2D eigenvalue weighted by Crippen LogP contribution is 2.34. The van der Waals surface area contributed by atoms with E-state index in [1.54, 1.807) is 5.51 Å². The summed E-state index contributed by atoms with van der Waals surface area (Å²) in [4.78, 5) is 14.3. The molecule has 0 unspecified atom stereocenters. The van der Waals surface area contributed by atoms with Crippen molar-refractivity contribution in [3.05, 3.63) is 5.51 Å². The molecular weight excluding hydrogens is 260 g/mol. The summed E-state index contributed by atoms with van der Waals surface area (Å²) in [5, 5.41) is 11.1. The van der Waals surface area contributed by atoms with E-state index in [4.69, 9.17) is 0 Å². The molecule has 104 valence electrons. The molecule has 1 N–H and O–H groups in total. The summed E-state index contributed by atoms with van der Waals surface area (Å²) in [6.45, 7) is 0.881. The Kier molecular flexibility index (Phi) is 3.96. The Morgan fingerprint density at radius 1 is 1.26 bits per heavy atom. The number of hydrogen-bond acceptors (Lipinski definition) is 4. The molecule has 0 radical (unpaired) electrons. The minimum Gasteiger partial charge on any atom is -0.321 e. The number of amides is 2. The van der Waals surface area contributed by atoms with E-state index in [0.717, 1.165) is 19.4 Å². The van der Waals surface area contributed by atoms with Crippen molar-refractivity contribution >= 4 is 22.5 Å². The number of carbonyl (C=O) groups is 1. The summed E-state index contributed by atoms with van der Waals surface area (Å²) in [7, 11) is 0. The quantitative estimate of drug-likeness (QED) is 0.905. The summed E-state index contributed by atoms with van der Waals surface area (Å²) in [5.74, 6) is 0.705. The third-order valence-corrected chi connectivity index (χ3v) is 4.93. The van der Waals surface area contributed by atoms with Gasteiger partial charge in [-0.15, -0.1) is 10.2 Å². The fraction of sp³-hybridized carbons (Fsp3) is 0.769. The molecule has 1 atom stereocenters. The van der Waals surface area contributed by atoms with Crippen LogP contribution in [0.3, 0.4) is 0 Å². The molecule has 1 saturated carbocycles. The van der Waals surface area contributed by atoms with Crippen molar-refractivity contribution < 1.29 is 4.79 Å². The monoisotopic (exact) mass is 280 g/mol. The van der Waals surface area contributed by atoms with Gasteiger partial charge in [-0.3, -0.25) is 5.32 Å². The largest absolute Gasteiger partial charge is 0.323 e. The first-order valence-electron chi connectivity index (χ1n) is 7.18. The third-order valence-electron chi connectivity index (χ3n) is 4.33. The highest BCUT2D eigenvalue weighted by molar-refractivity contribution is 7.13. The van der Waals surface area contributed by atoms with E-state index in [0.29, 0.717) is 17.1 Å². The maximum Gasteiger partial charge on any atom is 0.323 e. The fourth-order valence-electron chi connectivity index (χ4n) is 3.44. The molecule has 19 heavy (non-hydrogen) atoms. The Morgan fingerprint density at radius 3 is 2.84 bits per heavy atom. The van der Waals surface area contributed by atoms with E-state index < -0.39 is 0 Å². The van der Waals surface area contributed by atoms with Crippen LogP contribution in [0.25, 0.3) is 0 Å². The average Bonchev–Trinajstić information content (AvgIpc) is 3.10. The van der Waals surface area contributed by atoms with Crippen molar-refractivity contribution in [2.75, 3.05) is 11.9 Å². The van der Waals surface area contributed by atoms with Crippen LogP contribution < -0.4 is 5.32 Å². The Labute approximate surface area is 117 Å². The summed E-state index contributed by atoms with van der Waals surface area (Å²) in [6, 6.07) is 0.443. The minimum absolute atomic E-state index is 0.00447. The van der Waals surface area contributed by atoms with Gasteiger partial charge in [0.1, 0.15) is 5.51 Å². The number of carbonyl (C=O) groups excluding carboxylic acids is 1. The Balaban J connectivity index is 1.63. The summed E-state index contributed by atoms with van der Waals surface area (Å²) in [6.07, 6.45) is 8.87. The van der Waals surface area contributed by atoms with E-state index >= 15 is 0 Å². The molecule has 1 aliphatic heterocycles. The van der Waals surface area contributed by atoms with Crippen molar-refractivity contribution in [2.45, 2.75) is 51.0 Å². The first-order valence-corrected chi connectivity index (χ1v) is 8.06. The number of anilines is 1. The molecule has 0 spiro atoms. The predicted octanol–water partition coefficient (Wildman–Crippen LogP) is 3.11. The van der Waals surface area contributed by atoms with Crippen molar-refractivity contribution in [2.24, 2.45) is 5.92 Å². The van der Waals surface area contributed by atoms with E-state index in [1.807, 2.05) is 4.90 Å². The van der Waals surface area contributed by atoms with Crippen molar-refractivity contribution in [3.63, 3.8) is 0 Å². The van der Waals surface area contributed by atoms with Gasteiger partial charge in [0.25, 0.3) is 0 Å². The maximum atomic E-state index is 12.3. The smallest absolute Gasteiger partial charge is 0.321 e. The second-order valence-corrected chi connectivity index (χ2v) is 6.31. The zero-order valence-corrected chi connectivity index (χ0v) is 11.9. The second kappa shape index (κ2) is 5.86. The fourth-order valence-corrected chi connectivity index (χ4v) is 3.88. The number of nitrogens with zero attached hydrogens (tertiary/aromatic N) is 3. The highest BCUT2D eigenvalue weighted by atomic mass is 32.1. The van der Waals surface area contributed by atoms with Crippen molar-refractivity contribution in [1.29, 1.82) is 0 Å². The van der Waals surface area contributed by atoms with Crippen molar-refractivity contribution in [3.8, 4) is 0 Å². The van der Waals surface area contributed by atoms with E-state index in [2.05, 4.69) is 15.5 Å². The van der Waals surface area contributed by atoms with Crippen LogP contribution >= 0.6 is 11.3 Å². The van der Waals surface area contributed by atoms with E-state index in [-0.39, 0.29) is 6.03 Å². The topological polar surface area (TPSA) is 58.1 Å². The van der Waals surface area contributed by atoms with E-state index in [9.17, 15) is 4.79 Å². The molecule has 1 aliphatic carbocycles. The first kappa shape index (κ1) is 12.8. The average molecular weight is 280 g/mol. The van der Waals surface area contributed by atoms with Gasteiger partial charge in [-0.2, -0.15) is 0 Å². The molecular formula is C13H20N4OS. The molecule has 2 fully saturated rings. The van der Waals surface area contributed by atoms with Crippen LogP contribution in [0.4, 0.5) is 9.93 Å². The molecule has 1 saturated heterocycles. The van der Waals surface area contributed by atoms with Gasteiger partial charge in [-0.05, 0) is 31.6 Å². The zero-order valence-electron chi connectivity index (χ0n) is 11.0. The van der Waals surface area contributed by atoms with Gasteiger partial charge >= 0.3 is 6.03 Å². The van der Waals surface area contributed by atoms with Gasteiger partial charge in [0, 0.05) is 12.6 Å². The zero-order chi connectivity index (χ0) is 13.1. The third kappa shape index (κ3) is 2.88. The van der Waals surface area contributed by atoms with Crippen LogP contribution in [-0.2, 0) is 0 Å². The van der Waals surface area contributed by atoms with Gasteiger partial charge in [-0.25, -0.2) is 4.79 Å². The van der Waals surface area contributed by atoms with Gasteiger partial charge in [0.2, 0.25) is 5.13 Å². The number of aromatic nitrogens is 2. The van der Waals surface area contributed by atoms with Crippen LogP contribution in [0.1, 0.15) is 44.9 Å². The summed E-state index contributed by atoms with van der Waals surface area (Å²) >= 11 is 1.37. The lowest BCUT2D eigenvalue weighted by molar-refractivity contribution is 0.166. The molecule has 1 aromatic heterocycles. The molecule has 0 bridgehead atoms. The number of urea groups is 1. The first-order chi connectivity index (χ1) is 9.34. The Bertz CT molecular complexity index is 416. The second-order valence-electron chi connectivity index (χ2n) is 5.48. The molecule has 3 rings (SSSR count). The Hall–Kier alpha value is -1.17. The maximum absolute atomic E-state index is 12.3. The van der Waals surface area contributed by atoms with Crippen LogP contribution in [0, 0.1) is 5.92 Å². The molecule has 6 heteroatoms. The van der Waals surface area contributed by atoms with Crippen LogP contribution in [0.2, 0.25) is 0 Å². The molecule has 2 heterocycles. The highest BCUT2D eigenvalue weighted by Gasteiger charge is 2.35. The Morgan fingerprint density at radius 2 is 2.11 bits per heavy atom. The predicted molar refractivity (Wildman–Crippen MR) is 75.2 cm³/mol. The van der Waals surface area contributed by atoms with Gasteiger partial charge < -0.3 is 4.90 Å². The molecule has 0 aromatic carbocycles. The summed E-state index contributed by atoms with van der Waals surface area (Å²) in [5.41, 5.74) is 1.64. The van der Waals surface area contributed by atoms with Gasteiger partial charge in [-0.1, -0.05) is 30.6 Å². The molecule has 2 aliphatic rings. The van der Waals surface area contributed by atoms with E-state index in [1.165, 1.54) is 43.4 Å². The number of rotatable bonds is 2. The molecule has 2 amide bonds. The number of nitrogens with one attached hydrogen (secondary N) is 1. The lowest BCUT2D eigenvalue weighted by Gasteiger charge is -2.33. The lowest BCUT2D eigenvalue weighted by Crippen LogP contribution is -2.43.